The highest BCUT2D eigenvalue weighted by Gasteiger charge is 2.21. The van der Waals surface area contributed by atoms with E-state index >= 15 is 0 Å². The van der Waals surface area contributed by atoms with Crippen LogP contribution >= 0.6 is 27.5 Å². The van der Waals surface area contributed by atoms with Crippen molar-refractivity contribution in [1.29, 1.82) is 0 Å². The van der Waals surface area contributed by atoms with E-state index in [9.17, 15) is 0 Å². The summed E-state index contributed by atoms with van der Waals surface area (Å²) in [6.45, 7) is 2.88. The molecule has 1 aromatic rings. The fraction of sp³-hybridized carbons (Fsp3) is 0.583. The maximum atomic E-state index is 5.91. The van der Waals surface area contributed by atoms with Crippen LogP contribution in [0.15, 0.2) is 16.7 Å². The molecule has 5 heteroatoms. The molecule has 0 aromatic carbocycles. The Morgan fingerprint density at radius 3 is 3.12 bits per heavy atom. The van der Waals surface area contributed by atoms with E-state index in [1.54, 1.807) is 6.20 Å². The van der Waals surface area contributed by atoms with Crippen molar-refractivity contribution in [2.24, 2.45) is 11.7 Å². The summed E-state index contributed by atoms with van der Waals surface area (Å²) in [6.07, 6.45) is 5.29. The van der Waals surface area contributed by atoms with Gasteiger partial charge in [-0.1, -0.05) is 11.6 Å². The molecule has 94 valence electrons. The van der Waals surface area contributed by atoms with E-state index in [0.29, 0.717) is 10.9 Å². The number of hydrogen-bond acceptors (Lipinski definition) is 3. The molecule has 0 saturated carbocycles. The maximum absolute atomic E-state index is 5.91. The second-order valence-corrected chi connectivity index (χ2v) is 5.78. The van der Waals surface area contributed by atoms with Gasteiger partial charge in [0.15, 0.2) is 0 Å². The molecule has 1 unspecified atom stereocenters. The summed E-state index contributed by atoms with van der Waals surface area (Å²) in [4.78, 5) is 6.74. The summed E-state index contributed by atoms with van der Waals surface area (Å²) in [5, 5.41) is 0.663. The minimum atomic E-state index is 0.663. The monoisotopic (exact) mass is 317 g/mol. The van der Waals surface area contributed by atoms with Crippen molar-refractivity contribution in [2.45, 2.75) is 19.3 Å². The van der Waals surface area contributed by atoms with E-state index in [4.69, 9.17) is 17.3 Å². The lowest BCUT2D eigenvalue weighted by Crippen LogP contribution is -2.36. The fourth-order valence-electron chi connectivity index (χ4n) is 2.37. The van der Waals surface area contributed by atoms with Crippen LogP contribution in [0, 0.1) is 5.92 Å². The number of pyridine rings is 1. The molecule has 1 saturated heterocycles. The lowest BCUT2D eigenvalue weighted by molar-refractivity contribution is 0.394. The molecule has 0 aliphatic carbocycles. The molecule has 3 nitrogen and oxygen atoms in total. The molecular weight excluding hydrogens is 302 g/mol. The standard InChI is InChI=1S/C12H17BrClN3/c13-11-6-10(14)7-16-12(11)17-5-1-2-9(8-17)3-4-15/h6-7,9H,1-5,8,15H2. The molecule has 2 heterocycles. The van der Waals surface area contributed by atoms with Gasteiger partial charge in [0, 0.05) is 19.3 Å². The molecule has 1 atom stereocenters. The minimum absolute atomic E-state index is 0.663. The quantitative estimate of drug-likeness (QED) is 0.931. The van der Waals surface area contributed by atoms with E-state index in [2.05, 4.69) is 25.8 Å². The minimum Gasteiger partial charge on any atom is -0.355 e. The zero-order chi connectivity index (χ0) is 12.3. The second-order valence-electron chi connectivity index (χ2n) is 4.49. The number of nitrogens with two attached hydrogens (primary N) is 1. The summed E-state index contributed by atoms with van der Waals surface area (Å²) in [5.74, 6) is 1.69. The number of piperidine rings is 1. The van der Waals surface area contributed by atoms with Crippen molar-refractivity contribution in [1.82, 2.24) is 4.98 Å². The van der Waals surface area contributed by atoms with Gasteiger partial charge in [0.1, 0.15) is 5.82 Å². The molecule has 17 heavy (non-hydrogen) atoms. The van der Waals surface area contributed by atoms with Gasteiger partial charge in [-0.2, -0.15) is 0 Å². The van der Waals surface area contributed by atoms with Crippen molar-refractivity contribution in [3.8, 4) is 0 Å². The van der Waals surface area contributed by atoms with Crippen LogP contribution in [0.5, 0.6) is 0 Å². The van der Waals surface area contributed by atoms with E-state index in [-0.39, 0.29) is 0 Å². The van der Waals surface area contributed by atoms with Gasteiger partial charge in [-0.05, 0) is 53.7 Å². The van der Waals surface area contributed by atoms with Crippen molar-refractivity contribution in [3.05, 3.63) is 21.8 Å². The Morgan fingerprint density at radius 2 is 2.41 bits per heavy atom. The van der Waals surface area contributed by atoms with Gasteiger partial charge in [-0.15, -0.1) is 0 Å². The average molecular weight is 319 g/mol. The van der Waals surface area contributed by atoms with Crippen molar-refractivity contribution in [2.75, 3.05) is 24.5 Å². The zero-order valence-corrected chi connectivity index (χ0v) is 12.0. The van der Waals surface area contributed by atoms with Crippen LogP contribution in [0.1, 0.15) is 19.3 Å². The summed E-state index contributed by atoms with van der Waals surface area (Å²) in [6, 6.07) is 1.90. The van der Waals surface area contributed by atoms with Crippen LogP contribution in [0.4, 0.5) is 5.82 Å². The highest BCUT2D eigenvalue weighted by molar-refractivity contribution is 9.10. The van der Waals surface area contributed by atoms with Crippen molar-refractivity contribution >= 4 is 33.3 Å². The normalized spacial score (nSPS) is 20.6. The van der Waals surface area contributed by atoms with Gasteiger partial charge in [0.25, 0.3) is 0 Å². The summed E-state index contributed by atoms with van der Waals surface area (Å²) >= 11 is 9.43. The molecule has 0 amide bonds. The summed E-state index contributed by atoms with van der Waals surface area (Å²) in [5.41, 5.74) is 5.63. The summed E-state index contributed by atoms with van der Waals surface area (Å²) in [7, 11) is 0. The molecule has 0 spiro atoms. The number of anilines is 1. The third kappa shape index (κ3) is 3.33. The first-order chi connectivity index (χ1) is 8.20. The SMILES string of the molecule is NCCC1CCCN(c2ncc(Cl)cc2Br)C1. The van der Waals surface area contributed by atoms with Crippen LogP contribution < -0.4 is 10.6 Å². The molecule has 1 fully saturated rings. The lowest BCUT2D eigenvalue weighted by atomic mass is 9.95. The average Bonchev–Trinajstić information content (AvgIpc) is 2.29. The number of hydrogen-bond donors (Lipinski definition) is 1. The first-order valence-corrected chi connectivity index (χ1v) is 7.14. The Labute approximate surface area is 115 Å². The Hall–Kier alpha value is -0.320. The first-order valence-electron chi connectivity index (χ1n) is 5.96. The van der Waals surface area contributed by atoms with E-state index < -0.39 is 0 Å². The smallest absolute Gasteiger partial charge is 0.142 e. The topological polar surface area (TPSA) is 42.1 Å². The predicted octanol–water partition coefficient (Wildman–Crippen LogP) is 3.06. The number of rotatable bonds is 3. The van der Waals surface area contributed by atoms with Crippen LogP contribution in [-0.4, -0.2) is 24.6 Å². The van der Waals surface area contributed by atoms with Crippen LogP contribution in [-0.2, 0) is 0 Å². The van der Waals surface area contributed by atoms with Crippen molar-refractivity contribution < 1.29 is 0 Å². The number of aromatic nitrogens is 1. The van der Waals surface area contributed by atoms with E-state index in [0.717, 1.165) is 36.3 Å². The summed E-state index contributed by atoms with van der Waals surface area (Å²) < 4.78 is 0.971. The van der Waals surface area contributed by atoms with Crippen molar-refractivity contribution in [3.63, 3.8) is 0 Å². The lowest BCUT2D eigenvalue weighted by Gasteiger charge is -2.34. The highest BCUT2D eigenvalue weighted by atomic mass is 79.9. The number of halogens is 2. The molecule has 2 N–H and O–H groups in total. The van der Waals surface area contributed by atoms with Gasteiger partial charge < -0.3 is 10.6 Å². The molecule has 0 bridgehead atoms. The molecular formula is C12H17BrClN3. The first kappa shape index (κ1) is 13.1. The van der Waals surface area contributed by atoms with Crippen LogP contribution in [0.3, 0.4) is 0 Å². The Kier molecular flexibility index (Phi) is 4.65. The number of nitrogens with zero attached hydrogens (tertiary/aromatic N) is 2. The Morgan fingerprint density at radius 1 is 1.59 bits per heavy atom. The second kappa shape index (κ2) is 6.03. The predicted molar refractivity (Wildman–Crippen MR) is 75.6 cm³/mol. The largest absolute Gasteiger partial charge is 0.355 e. The van der Waals surface area contributed by atoms with E-state index in [1.165, 1.54) is 12.8 Å². The van der Waals surface area contributed by atoms with Gasteiger partial charge in [0.05, 0.1) is 9.50 Å². The van der Waals surface area contributed by atoms with Crippen LogP contribution in [0.25, 0.3) is 0 Å². The van der Waals surface area contributed by atoms with Gasteiger partial charge >= 0.3 is 0 Å². The Balaban J connectivity index is 2.10. The van der Waals surface area contributed by atoms with E-state index in [1.807, 2.05) is 6.07 Å². The Bertz CT molecular complexity index is 384. The fourth-order valence-corrected chi connectivity index (χ4v) is 3.26. The molecule has 2 rings (SSSR count). The third-order valence-corrected chi connectivity index (χ3v) is 3.97. The molecule has 0 radical (unpaired) electrons. The maximum Gasteiger partial charge on any atom is 0.142 e. The molecule has 1 aliphatic rings. The molecule has 1 aromatic heterocycles. The van der Waals surface area contributed by atoms with Gasteiger partial charge in [0.2, 0.25) is 0 Å². The molecule has 1 aliphatic heterocycles. The third-order valence-electron chi connectivity index (χ3n) is 3.18. The van der Waals surface area contributed by atoms with Gasteiger partial charge in [-0.25, -0.2) is 4.98 Å². The highest BCUT2D eigenvalue weighted by Crippen LogP contribution is 2.30. The van der Waals surface area contributed by atoms with Gasteiger partial charge in [-0.3, -0.25) is 0 Å². The van der Waals surface area contributed by atoms with Crippen LogP contribution in [0.2, 0.25) is 5.02 Å². The zero-order valence-electron chi connectivity index (χ0n) is 9.70.